The second kappa shape index (κ2) is 6.96. The van der Waals surface area contributed by atoms with Gasteiger partial charge in [0.2, 0.25) is 0 Å². The molecule has 1 heterocycles. The first kappa shape index (κ1) is 19.1. The average Bonchev–Trinajstić information content (AvgIpc) is 2.44. The van der Waals surface area contributed by atoms with Crippen LogP contribution in [0.4, 0.5) is 10.5 Å². The molecule has 1 aromatic carbocycles. The largest absolute Gasteiger partial charge is 0.444 e. The standard InChI is InChI=1S/C15H20N2O7S/c1-15(2,3)24-14(18)16-9-8-12(16)10-23-25(21,22)13-6-4-11(5-7-13)17(19)20/h4-7,12H,8-10H2,1-3H3/t12-/m1/s1. The molecule has 1 fully saturated rings. The third-order valence-electron chi connectivity index (χ3n) is 3.52. The molecular formula is C15H20N2O7S. The topological polar surface area (TPSA) is 116 Å². The summed E-state index contributed by atoms with van der Waals surface area (Å²) in [6.07, 6.45) is 0.0924. The number of nitrogens with zero attached hydrogens (tertiary/aromatic N) is 2. The molecule has 1 aliphatic rings. The lowest BCUT2D eigenvalue weighted by molar-refractivity contribution is -0.384. The van der Waals surface area contributed by atoms with E-state index in [1.807, 2.05) is 0 Å². The van der Waals surface area contributed by atoms with Crippen LogP contribution in [0.15, 0.2) is 29.2 Å². The number of amides is 1. The number of rotatable bonds is 5. The molecule has 0 radical (unpaired) electrons. The van der Waals surface area contributed by atoms with E-state index in [1.54, 1.807) is 20.8 Å². The molecule has 0 N–H and O–H groups in total. The quantitative estimate of drug-likeness (QED) is 0.442. The molecule has 1 saturated heterocycles. The van der Waals surface area contributed by atoms with E-state index in [2.05, 4.69) is 0 Å². The molecule has 9 nitrogen and oxygen atoms in total. The summed E-state index contributed by atoms with van der Waals surface area (Å²) in [6.45, 7) is 5.51. The summed E-state index contributed by atoms with van der Waals surface area (Å²) in [5.41, 5.74) is -0.850. The molecular weight excluding hydrogens is 352 g/mol. The summed E-state index contributed by atoms with van der Waals surface area (Å²) in [5.74, 6) is 0. The molecule has 0 bridgehead atoms. The van der Waals surface area contributed by atoms with Crippen LogP contribution in [0.1, 0.15) is 27.2 Å². The third kappa shape index (κ3) is 4.89. The Morgan fingerprint density at radius 3 is 2.36 bits per heavy atom. The smallest absolute Gasteiger partial charge is 0.410 e. The molecule has 2 rings (SSSR count). The fraction of sp³-hybridized carbons (Fsp3) is 0.533. The molecule has 1 amide bonds. The van der Waals surface area contributed by atoms with Gasteiger partial charge in [-0.3, -0.25) is 14.3 Å². The summed E-state index contributed by atoms with van der Waals surface area (Å²) in [6, 6.07) is 4.02. The van der Waals surface area contributed by atoms with E-state index in [4.69, 9.17) is 8.92 Å². The van der Waals surface area contributed by atoms with Gasteiger partial charge in [0.15, 0.2) is 0 Å². The Morgan fingerprint density at radius 2 is 1.92 bits per heavy atom. The number of non-ortho nitro benzene ring substituents is 1. The van der Waals surface area contributed by atoms with Gasteiger partial charge >= 0.3 is 6.09 Å². The molecule has 25 heavy (non-hydrogen) atoms. The van der Waals surface area contributed by atoms with Crippen molar-refractivity contribution in [3.8, 4) is 0 Å². The highest BCUT2D eigenvalue weighted by Crippen LogP contribution is 2.24. The summed E-state index contributed by atoms with van der Waals surface area (Å²) in [5, 5.41) is 10.6. The predicted octanol–water partition coefficient (Wildman–Crippen LogP) is 2.31. The van der Waals surface area contributed by atoms with E-state index in [0.717, 1.165) is 24.3 Å². The Labute approximate surface area is 145 Å². The fourth-order valence-electron chi connectivity index (χ4n) is 2.15. The zero-order valence-electron chi connectivity index (χ0n) is 14.2. The predicted molar refractivity (Wildman–Crippen MR) is 87.6 cm³/mol. The van der Waals surface area contributed by atoms with Gasteiger partial charge in [0.25, 0.3) is 15.8 Å². The zero-order valence-corrected chi connectivity index (χ0v) is 15.0. The van der Waals surface area contributed by atoms with Crippen LogP contribution in [0.5, 0.6) is 0 Å². The van der Waals surface area contributed by atoms with Crippen molar-refractivity contribution in [3.05, 3.63) is 34.4 Å². The first-order chi connectivity index (χ1) is 11.5. The lowest BCUT2D eigenvalue weighted by atomic mass is 10.1. The molecule has 0 aromatic heterocycles. The van der Waals surface area contributed by atoms with Gasteiger partial charge < -0.3 is 9.64 Å². The number of hydrogen-bond donors (Lipinski definition) is 0. The molecule has 1 atom stereocenters. The highest BCUT2D eigenvalue weighted by molar-refractivity contribution is 7.86. The number of nitro benzene ring substituents is 1. The van der Waals surface area contributed by atoms with E-state index in [1.165, 1.54) is 4.90 Å². The molecule has 10 heteroatoms. The Kier molecular flexibility index (Phi) is 5.33. The Balaban J connectivity index is 1.95. The maximum atomic E-state index is 12.1. The Morgan fingerprint density at radius 1 is 1.32 bits per heavy atom. The van der Waals surface area contributed by atoms with Gasteiger partial charge in [-0.15, -0.1) is 0 Å². The van der Waals surface area contributed by atoms with Gasteiger partial charge in [-0.2, -0.15) is 8.42 Å². The number of nitro groups is 1. The second-order valence-electron chi connectivity index (χ2n) is 6.61. The normalized spacial score (nSPS) is 17.7. The summed E-state index contributed by atoms with van der Waals surface area (Å²) in [7, 11) is -4.06. The van der Waals surface area contributed by atoms with Gasteiger partial charge in [0.1, 0.15) is 5.60 Å². The lowest BCUT2D eigenvalue weighted by Crippen LogP contribution is -2.54. The monoisotopic (exact) mass is 372 g/mol. The molecule has 138 valence electrons. The van der Waals surface area contributed by atoms with Crippen molar-refractivity contribution in [3.63, 3.8) is 0 Å². The van der Waals surface area contributed by atoms with Crippen LogP contribution in [0, 0.1) is 10.1 Å². The molecule has 0 saturated carbocycles. The van der Waals surface area contributed by atoms with Gasteiger partial charge in [-0.05, 0) is 39.3 Å². The second-order valence-corrected chi connectivity index (χ2v) is 8.22. The first-order valence-corrected chi connectivity index (χ1v) is 9.04. The average molecular weight is 372 g/mol. The highest BCUT2D eigenvalue weighted by Gasteiger charge is 2.36. The van der Waals surface area contributed by atoms with E-state index < -0.39 is 26.7 Å². The van der Waals surface area contributed by atoms with E-state index in [0.29, 0.717) is 13.0 Å². The number of carbonyl (C=O) groups is 1. The minimum Gasteiger partial charge on any atom is -0.444 e. The van der Waals surface area contributed by atoms with Crippen LogP contribution in [-0.2, 0) is 19.0 Å². The number of benzene rings is 1. The summed E-state index contributed by atoms with van der Waals surface area (Å²) < 4.78 is 34.5. The van der Waals surface area contributed by atoms with E-state index >= 15 is 0 Å². The van der Waals surface area contributed by atoms with Gasteiger partial charge in [-0.25, -0.2) is 4.79 Å². The van der Waals surface area contributed by atoms with Crippen molar-refractivity contribution in [2.75, 3.05) is 13.2 Å². The number of carbonyl (C=O) groups excluding carboxylic acids is 1. The Hall–Kier alpha value is -2.20. The van der Waals surface area contributed by atoms with Crippen molar-refractivity contribution in [1.82, 2.24) is 4.90 Å². The van der Waals surface area contributed by atoms with Crippen LogP contribution in [0.25, 0.3) is 0 Å². The van der Waals surface area contributed by atoms with Crippen LogP contribution < -0.4 is 0 Å². The Bertz CT molecular complexity index is 753. The van der Waals surface area contributed by atoms with Crippen molar-refractivity contribution in [2.24, 2.45) is 0 Å². The van der Waals surface area contributed by atoms with Crippen LogP contribution in [-0.4, -0.2) is 49.1 Å². The minimum absolute atomic E-state index is 0.179. The fourth-order valence-corrected chi connectivity index (χ4v) is 3.09. The molecule has 1 aromatic rings. The van der Waals surface area contributed by atoms with Gasteiger partial charge in [-0.1, -0.05) is 0 Å². The van der Waals surface area contributed by atoms with E-state index in [9.17, 15) is 23.3 Å². The van der Waals surface area contributed by atoms with Crippen molar-refractivity contribution in [2.45, 2.75) is 43.7 Å². The number of hydrogen-bond acceptors (Lipinski definition) is 7. The minimum atomic E-state index is -4.06. The highest BCUT2D eigenvalue weighted by atomic mass is 32.2. The summed E-state index contributed by atoms with van der Waals surface area (Å²) >= 11 is 0. The van der Waals surface area contributed by atoms with Crippen molar-refractivity contribution < 1.29 is 27.1 Å². The number of likely N-dealkylation sites (tertiary alicyclic amines) is 1. The zero-order chi connectivity index (χ0) is 18.8. The summed E-state index contributed by atoms with van der Waals surface area (Å²) in [4.78, 5) is 23.2. The van der Waals surface area contributed by atoms with Crippen LogP contribution >= 0.6 is 0 Å². The van der Waals surface area contributed by atoms with Crippen molar-refractivity contribution in [1.29, 1.82) is 0 Å². The molecule has 0 aliphatic carbocycles. The third-order valence-corrected chi connectivity index (χ3v) is 4.82. The maximum absolute atomic E-state index is 12.1. The lowest BCUT2D eigenvalue weighted by Gasteiger charge is -2.40. The molecule has 0 unspecified atom stereocenters. The van der Waals surface area contributed by atoms with Crippen LogP contribution in [0.3, 0.4) is 0 Å². The first-order valence-electron chi connectivity index (χ1n) is 7.63. The number of ether oxygens (including phenoxy) is 1. The maximum Gasteiger partial charge on any atom is 0.410 e. The van der Waals surface area contributed by atoms with Gasteiger partial charge in [0.05, 0.1) is 22.5 Å². The van der Waals surface area contributed by atoms with Crippen LogP contribution in [0.2, 0.25) is 0 Å². The van der Waals surface area contributed by atoms with E-state index in [-0.39, 0.29) is 23.2 Å². The molecule has 0 spiro atoms. The van der Waals surface area contributed by atoms with Crippen molar-refractivity contribution >= 4 is 21.9 Å². The van der Waals surface area contributed by atoms with Gasteiger partial charge in [0, 0.05) is 18.7 Å². The molecule has 1 aliphatic heterocycles. The SMILES string of the molecule is CC(C)(C)OC(=O)N1CC[C@@H]1COS(=O)(=O)c1ccc([N+](=O)[O-])cc1.